The van der Waals surface area contributed by atoms with Gasteiger partial charge < -0.3 is 5.32 Å². The van der Waals surface area contributed by atoms with Crippen LogP contribution in [0.1, 0.15) is 0 Å². The summed E-state index contributed by atoms with van der Waals surface area (Å²) >= 11 is 11.7. The van der Waals surface area contributed by atoms with Gasteiger partial charge in [0, 0.05) is 19.8 Å². The molecule has 0 aliphatic heterocycles. The summed E-state index contributed by atoms with van der Waals surface area (Å²) in [4.78, 5) is 40.6. The van der Waals surface area contributed by atoms with Crippen molar-refractivity contribution in [1.82, 2.24) is 18.7 Å². The van der Waals surface area contributed by atoms with Crippen molar-refractivity contribution in [3.63, 3.8) is 0 Å². The van der Waals surface area contributed by atoms with Gasteiger partial charge in [0.25, 0.3) is 5.56 Å². The fourth-order valence-electron chi connectivity index (χ4n) is 2.48. The van der Waals surface area contributed by atoms with Crippen molar-refractivity contribution in [2.45, 2.75) is 6.54 Å². The highest BCUT2D eigenvalue weighted by Crippen LogP contribution is 2.20. The molecule has 3 rings (SSSR count). The predicted octanol–water partition coefficient (Wildman–Crippen LogP) is 1.52. The van der Waals surface area contributed by atoms with Crippen LogP contribution in [0.25, 0.3) is 11.2 Å². The number of amides is 1. The molecule has 0 saturated heterocycles. The number of hydrogen-bond donors (Lipinski definition) is 1. The minimum Gasteiger partial charge on any atom is -0.324 e. The van der Waals surface area contributed by atoms with Gasteiger partial charge in [0.2, 0.25) is 11.2 Å². The maximum Gasteiger partial charge on any atom is 0.332 e. The highest BCUT2D eigenvalue weighted by molar-refractivity contribution is 6.31. The summed E-state index contributed by atoms with van der Waals surface area (Å²) in [6, 6.07) is 3.71. The largest absolute Gasteiger partial charge is 0.332 e. The van der Waals surface area contributed by atoms with Gasteiger partial charge >= 0.3 is 5.69 Å². The lowest BCUT2D eigenvalue weighted by molar-refractivity contribution is -0.116. The van der Waals surface area contributed by atoms with Gasteiger partial charge in [0.05, 0.1) is 5.02 Å². The number of benzene rings is 1. The summed E-state index contributed by atoms with van der Waals surface area (Å²) in [5.74, 6) is -1.15. The molecule has 3 aromatic rings. The quantitative estimate of drug-likeness (QED) is 0.675. The zero-order chi connectivity index (χ0) is 19.2. The number of anilines is 1. The highest BCUT2D eigenvalue weighted by atomic mass is 35.5. The Labute approximate surface area is 155 Å². The van der Waals surface area contributed by atoms with E-state index < -0.39 is 23.0 Å². The number of carbonyl (C=O) groups is 1. The first-order chi connectivity index (χ1) is 12.2. The Balaban J connectivity index is 1.99. The molecule has 0 bridgehead atoms. The lowest BCUT2D eigenvalue weighted by Crippen LogP contribution is -2.37. The van der Waals surface area contributed by atoms with Crippen LogP contribution in [0, 0.1) is 5.82 Å². The maximum atomic E-state index is 13.2. The molecular weight excluding hydrogens is 388 g/mol. The van der Waals surface area contributed by atoms with E-state index in [4.69, 9.17) is 23.2 Å². The van der Waals surface area contributed by atoms with Crippen molar-refractivity contribution in [2.75, 3.05) is 5.32 Å². The average Bonchev–Trinajstić information content (AvgIpc) is 2.91. The second-order valence-electron chi connectivity index (χ2n) is 5.52. The van der Waals surface area contributed by atoms with Crippen molar-refractivity contribution in [2.24, 2.45) is 14.1 Å². The van der Waals surface area contributed by atoms with Crippen molar-refractivity contribution in [3.05, 3.63) is 55.2 Å². The number of halogens is 3. The van der Waals surface area contributed by atoms with E-state index in [0.29, 0.717) is 0 Å². The number of nitrogens with zero attached hydrogens (tertiary/aromatic N) is 4. The molecule has 0 unspecified atom stereocenters. The van der Waals surface area contributed by atoms with Gasteiger partial charge in [0.15, 0.2) is 11.2 Å². The smallest absolute Gasteiger partial charge is 0.324 e. The molecule has 0 radical (unpaired) electrons. The topological polar surface area (TPSA) is 90.9 Å². The van der Waals surface area contributed by atoms with Gasteiger partial charge in [-0.15, -0.1) is 0 Å². The fourth-order valence-corrected chi connectivity index (χ4v) is 2.89. The lowest BCUT2D eigenvalue weighted by atomic mass is 10.3. The number of hydrogen-bond acceptors (Lipinski definition) is 4. The molecule has 2 heterocycles. The van der Waals surface area contributed by atoms with E-state index in [1.807, 2.05) is 0 Å². The van der Waals surface area contributed by atoms with E-state index in [-0.39, 0.29) is 33.7 Å². The molecule has 2 aromatic heterocycles. The second-order valence-corrected chi connectivity index (χ2v) is 6.27. The van der Waals surface area contributed by atoms with Gasteiger partial charge in [-0.1, -0.05) is 11.6 Å². The average molecular weight is 400 g/mol. The molecule has 11 heteroatoms. The van der Waals surface area contributed by atoms with Crippen molar-refractivity contribution < 1.29 is 9.18 Å². The summed E-state index contributed by atoms with van der Waals surface area (Å²) < 4.78 is 16.4. The zero-order valence-corrected chi connectivity index (χ0v) is 15.1. The Morgan fingerprint density at radius 1 is 1.23 bits per heavy atom. The Bertz CT molecular complexity index is 1160. The molecule has 0 spiro atoms. The third kappa shape index (κ3) is 2.99. The van der Waals surface area contributed by atoms with Crippen LogP contribution in [-0.4, -0.2) is 24.6 Å². The maximum absolute atomic E-state index is 13.2. The van der Waals surface area contributed by atoms with E-state index >= 15 is 0 Å². The first kappa shape index (κ1) is 18.2. The van der Waals surface area contributed by atoms with E-state index in [1.54, 1.807) is 0 Å². The molecule has 0 saturated carbocycles. The summed E-state index contributed by atoms with van der Waals surface area (Å²) in [7, 11) is 2.76. The van der Waals surface area contributed by atoms with Gasteiger partial charge in [-0.25, -0.2) is 9.18 Å². The van der Waals surface area contributed by atoms with Crippen LogP contribution < -0.4 is 16.6 Å². The Hall–Kier alpha value is -2.65. The fraction of sp³-hybridized carbons (Fsp3) is 0.200. The Morgan fingerprint density at radius 2 is 1.92 bits per heavy atom. The minimum absolute atomic E-state index is 0.0203. The van der Waals surface area contributed by atoms with Crippen LogP contribution in [0.2, 0.25) is 10.3 Å². The molecule has 26 heavy (non-hydrogen) atoms. The van der Waals surface area contributed by atoms with E-state index in [1.165, 1.54) is 30.8 Å². The van der Waals surface area contributed by atoms with E-state index in [2.05, 4.69) is 10.3 Å². The standard InChI is InChI=1S/C15H12Cl2FN5O3/c1-21-12-11(13(25)22(2)15(21)26)23(14(17)20-12)6-10(24)19-7-3-4-9(18)8(16)5-7/h3-5H,6H2,1-2H3,(H,19,24). The highest BCUT2D eigenvalue weighted by Gasteiger charge is 2.20. The van der Waals surface area contributed by atoms with Gasteiger partial charge in [0.1, 0.15) is 12.4 Å². The Morgan fingerprint density at radius 3 is 2.58 bits per heavy atom. The van der Waals surface area contributed by atoms with Crippen LogP contribution in [0.4, 0.5) is 10.1 Å². The lowest BCUT2D eigenvalue weighted by Gasteiger charge is -2.09. The van der Waals surface area contributed by atoms with Gasteiger partial charge in [-0.05, 0) is 29.8 Å². The summed E-state index contributed by atoms with van der Waals surface area (Å²) in [6.45, 7) is -0.336. The minimum atomic E-state index is -0.625. The first-order valence-electron chi connectivity index (χ1n) is 7.27. The van der Waals surface area contributed by atoms with Gasteiger partial charge in [-0.2, -0.15) is 4.98 Å². The van der Waals surface area contributed by atoms with Crippen molar-refractivity contribution in [1.29, 1.82) is 0 Å². The van der Waals surface area contributed by atoms with Crippen molar-refractivity contribution >= 4 is 46.0 Å². The molecule has 0 fully saturated rings. The Kier molecular flexibility index (Phi) is 4.59. The second kappa shape index (κ2) is 6.58. The van der Waals surface area contributed by atoms with Crippen LogP contribution in [-0.2, 0) is 25.4 Å². The van der Waals surface area contributed by atoms with Crippen LogP contribution in [0.15, 0.2) is 27.8 Å². The summed E-state index contributed by atoms with van der Waals surface area (Å²) in [5.41, 5.74) is -0.816. The molecule has 1 N–H and O–H groups in total. The number of nitrogens with one attached hydrogen (secondary N) is 1. The number of fused-ring (bicyclic) bond motifs is 1. The molecule has 8 nitrogen and oxygen atoms in total. The predicted molar refractivity (Wildman–Crippen MR) is 95.3 cm³/mol. The van der Waals surface area contributed by atoms with Crippen LogP contribution in [0.3, 0.4) is 0 Å². The molecule has 1 amide bonds. The zero-order valence-electron chi connectivity index (χ0n) is 13.6. The summed E-state index contributed by atoms with van der Waals surface area (Å²) in [5, 5.41) is 2.26. The third-order valence-corrected chi connectivity index (χ3v) is 4.38. The first-order valence-corrected chi connectivity index (χ1v) is 8.03. The summed E-state index contributed by atoms with van der Waals surface area (Å²) in [6.07, 6.45) is 0. The number of rotatable bonds is 3. The van der Waals surface area contributed by atoms with E-state index in [0.717, 1.165) is 15.2 Å². The normalized spacial score (nSPS) is 11.1. The number of carbonyl (C=O) groups excluding carboxylic acids is 1. The SMILES string of the molecule is Cn1c(=O)c2c(nc(Cl)n2CC(=O)Nc2ccc(F)c(Cl)c2)n(C)c1=O. The number of aryl methyl sites for hydroxylation is 1. The molecular formula is C15H12Cl2FN5O3. The van der Waals surface area contributed by atoms with Gasteiger partial charge in [-0.3, -0.25) is 23.3 Å². The third-order valence-electron chi connectivity index (χ3n) is 3.81. The molecule has 0 aliphatic carbocycles. The van der Waals surface area contributed by atoms with Crippen molar-refractivity contribution in [3.8, 4) is 0 Å². The molecule has 136 valence electrons. The van der Waals surface area contributed by atoms with Crippen LogP contribution >= 0.6 is 23.2 Å². The number of imidazole rings is 1. The molecule has 0 atom stereocenters. The monoisotopic (exact) mass is 399 g/mol. The van der Waals surface area contributed by atoms with Crippen LogP contribution in [0.5, 0.6) is 0 Å². The van der Waals surface area contributed by atoms with E-state index in [9.17, 15) is 18.8 Å². The molecule has 1 aromatic carbocycles. The number of aromatic nitrogens is 4. The molecule has 0 aliphatic rings.